The molecule has 0 spiro atoms. The van der Waals surface area contributed by atoms with Crippen LogP contribution in [0, 0.1) is 6.92 Å². The summed E-state index contributed by atoms with van der Waals surface area (Å²) in [6, 6.07) is 11.7. The van der Waals surface area contributed by atoms with Gasteiger partial charge in [0.25, 0.3) is 15.9 Å². The first-order valence-corrected chi connectivity index (χ1v) is 8.83. The van der Waals surface area contributed by atoms with E-state index >= 15 is 0 Å². The molecule has 0 bridgehead atoms. The predicted octanol–water partition coefficient (Wildman–Crippen LogP) is 2.42. The molecule has 6 heteroatoms. The Morgan fingerprint density at radius 2 is 1.78 bits per heavy atom. The van der Waals surface area contributed by atoms with Crippen LogP contribution in [0.3, 0.4) is 0 Å². The SMILES string of the molecule is Cc1ccc(S(=O)(=O)Nc2ccc3c(c2)CCN(C)C3=O)cc1. The Bertz CT molecular complexity index is 858. The van der Waals surface area contributed by atoms with Gasteiger partial charge >= 0.3 is 0 Å². The number of nitrogens with one attached hydrogen (secondary N) is 1. The summed E-state index contributed by atoms with van der Waals surface area (Å²) in [4.78, 5) is 13.9. The second-order valence-electron chi connectivity index (χ2n) is 5.77. The van der Waals surface area contributed by atoms with E-state index in [1.165, 1.54) is 0 Å². The largest absolute Gasteiger partial charge is 0.341 e. The van der Waals surface area contributed by atoms with Crippen LogP contribution in [0.1, 0.15) is 21.5 Å². The highest BCUT2D eigenvalue weighted by atomic mass is 32.2. The van der Waals surface area contributed by atoms with Crippen molar-refractivity contribution in [3.05, 3.63) is 59.2 Å². The second-order valence-corrected chi connectivity index (χ2v) is 7.45. The fourth-order valence-electron chi connectivity index (χ4n) is 2.60. The van der Waals surface area contributed by atoms with Gasteiger partial charge in [-0.1, -0.05) is 17.7 Å². The number of anilines is 1. The maximum atomic E-state index is 12.4. The van der Waals surface area contributed by atoms with Crippen molar-refractivity contribution in [3.8, 4) is 0 Å². The molecule has 0 aliphatic carbocycles. The summed E-state index contributed by atoms with van der Waals surface area (Å²) in [7, 11) is -1.86. The fraction of sp³-hybridized carbons (Fsp3) is 0.235. The zero-order chi connectivity index (χ0) is 16.6. The molecule has 0 saturated carbocycles. The standard InChI is InChI=1S/C17H18N2O3S/c1-12-3-6-15(7-4-12)23(21,22)18-14-5-8-16-13(11-14)9-10-19(2)17(16)20/h3-8,11,18H,9-10H2,1-2H3. The summed E-state index contributed by atoms with van der Waals surface area (Å²) in [6.07, 6.45) is 0.720. The number of hydrogen-bond acceptors (Lipinski definition) is 3. The van der Waals surface area contributed by atoms with Crippen LogP contribution >= 0.6 is 0 Å². The van der Waals surface area contributed by atoms with Crippen LogP contribution in [0.2, 0.25) is 0 Å². The van der Waals surface area contributed by atoms with Crippen molar-refractivity contribution in [3.63, 3.8) is 0 Å². The van der Waals surface area contributed by atoms with Crippen LogP contribution in [0.4, 0.5) is 5.69 Å². The minimum absolute atomic E-state index is 0.0285. The molecule has 2 aromatic rings. The number of carbonyl (C=O) groups is 1. The molecule has 2 aromatic carbocycles. The molecule has 120 valence electrons. The molecule has 0 saturated heterocycles. The summed E-state index contributed by atoms with van der Waals surface area (Å²) in [5.74, 6) is -0.0285. The third-order valence-electron chi connectivity index (χ3n) is 3.98. The van der Waals surface area contributed by atoms with Gasteiger partial charge in [-0.2, -0.15) is 0 Å². The van der Waals surface area contributed by atoms with E-state index in [9.17, 15) is 13.2 Å². The second kappa shape index (κ2) is 5.70. The van der Waals surface area contributed by atoms with Gasteiger partial charge in [0, 0.05) is 24.8 Å². The van der Waals surface area contributed by atoms with Crippen LogP contribution < -0.4 is 4.72 Å². The number of nitrogens with zero attached hydrogens (tertiary/aromatic N) is 1. The minimum atomic E-state index is -3.63. The van der Waals surface area contributed by atoms with Crippen molar-refractivity contribution >= 4 is 21.6 Å². The Balaban J connectivity index is 1.89. The van der Waals surface area contributed by atoms with Crippen molar-refractivity contribution < 1.29 is 13.2 Å². The Hall–Kier alpha value is -2.34. The molecule has 1 amide bonds. The van der Waals surface area contributed by atoms with Gasteiger partial charge < -0.3 is 4.90 Å². The first-order valence-electron chi connectivity index (χ1n) is 7.35. The van der Waals surface area contributed by atoms with Gasteiger partial charge in [0.05, 0.1) is 4.90 Å². The zero-order valence-corrected chi connectivity index (χ0v) is 13.9. The van der Waals surface area contributed by atoms with Gasteiger partial charge in [-0.25, -0.2) is 8.42 Å². The molecular formula is C17H18N2O3S. The van der Waals surface area contributed by atoms with Crippen LogP contribution in [-0.2, 0) is 16.4 Å². The fourth-order valence-corrected chi connectivity index (χ4v) is 3.65. The molecule has 0 fully saturated rings. The molecule has 3 rings (SSSR count). The van der Waals surface area contributed by atoms with Gasteiger partial charge in [-0.05, 0) is 49.2 Å². The van der Waals surface area contributed by atoms with Crippen LogP contribution in [0.15, 0.2) is 47.4 Å². The van der Waals surface area contributed by atoms with E-state index in [0.29, 0.717) is 17.8 Å². The van der Waals surface area contributed by atoms with Crippen LogP contribution in [0.25, 0.3) is 0 Å². The predicted molar refractivity (Wildman–Crippen MR) is 89.1 cm³/mol. The van der Waals surface area contributed by atoms with E-state index in [-0.39, 0.29) is 10.8 Å². The van der Waals surface area contributed by atoms with Crippen molar-refractivity contribution in [1.29, 1.82) is 0 Å². The van der Waals surface area contributed by atoms with E-state index < -0.39 is 10.0 Å². The van der Waals surface area contributed by atoms with Crippen molar-refractivity contribution in [2.45, 2.75) is 18.2 Å². The topological polar surface area (TPSA) is 66.5 Å². The molecule has 5 nitrogen and oxygen atoms in total. The molecule has 1 N–H and O–H groups in total. The Kier molecular flexibility index (Phi) is 3.85. The Morgan fingerprint density at radius 3 is 2.48 bits per heavy atom. The zero-order valence-electron chi connectivity index (χ0n) is 13.0. The first-order chi connectivity index (χ1) is 10.9. The highest BCUT2D eigenvalue weighted by Gasteiger charge is 2.22. The summed E-state index contributed by atoms with van der Waals surface area (Å²) in [6.45, 7) is 2.54. The minimum Gasteiger partial charge on any atom is -0.341 e. The Labute approximate surface area is 136 Å². The van der Waals surface area contributed by atoms with Gasteiger partial charge in [0.2, 0.25) is 0 Å². The number of likely N-dealkylation sites (N-methyl/N-ethyl adjacent to an activating group) is 1. The van der Waals surface area contributed by atoms with Crippen molar-refractivity contribution in [2.75, 3.05) is 18.3 Å². The van der Waals surface area contributed by atoms with E-state index in [0.717, 1.165) is 17.5 Å². The lowest BCUT2D eigenvalue weighted by atomic mass is 9.99. The number of rotatable bonds is 3. The summed E-state index contributed by atoms with van der Waals surface area (Å²) >= 11 is 0. The van der Waals surface area contributed by atoms with Crippen molar-refractivity contribution in [1.82, 2.24) is 4.90 Å². The quantitative estimate of drug-likeness (QED) is 0.940. The van der Waals surface area contributed by atoms with Gasteiger partial charge in [-0.15, -0.1) is 0 Å². The monoisotopic (exact) mass is 330 g/mol. The molecule has 0 atom stereocenters. The van der Waals surface area contributed by atoms with E-state index in [1.54, 1.807) is 54.4 Å². The van der Waals surface area contributed by atoms with E-state index in [1.807, 2.05) is 6.92 Å². The highest BCUT2D eigenvalue weighted by Crippen LogP contribution is 2.24. The van der Waals surface area contributed by atoms with Crippen molar-refractivity contribution in [2.24, 2.45) is 0 Å². The number of sulfonamides is 1. The number of fused-ring (bicyclic) bond motifs is 1. The number of hydrogen-bond donors (Lipinski definition) is 1. The molecule has 0 unspecified atom stereocenters. The van der Waals surface area contributed by atoms with Gasteiger partial charge in [0.1, 0.15) is 0 Å². The number of carbonyl (C=O) groups excluding carboxylic acids is 1. The molecular weight excluding hydrogens is 312 g/mol. The van der Waals surface area contributed by atoms with Gasteiger partial charge in [-0.3, -0.25) is 9.52 Å². The molecule has 1 heterocycles. The summed E-state index contributed by atoms with van der Waals surface area (Å²) < 4.78 is 27.4. The molecule has 0 radical (unpaired) electrons. The third-order valence-corrected chi connectivity index (χ3v) is 5.38. The maximum absolute atomic E-state index is 12.4. The van der Waals surface area contributed by atoms with Crippen LogP contribution in [0.5, 0.6) is 0 Å². The lowest BCUT2D eigenvalue weighted by molar-refractivity contribution is 0.0781. The lowest BCUT2D eigenvalue weighted by Gasteiger charge is -2.25. The number of benzene rings is 2. The lowest BCUT2D eigenvalue weighted by Crippen LogP contribution is -2.34. The number of aryl methyl sites for hydroxylation is 1. The maximum Gasteiger partial charge on any atom is 0.261 e. The summed E-state index contributed by atoms with van der Waals surface area (Å²) in [5, 5.41) is 0. The van der Waals surface area contributed by atoms with Gasteiger partial charge in [0.15, 0.2) is 0 Å². The Morgan fingerprint density at radius 1 is 1.09 bits per heavy atom. The molecule has 23 heavy (non-hydrogen) atoms. The smallest absolute Gasteiger partial charge is 0.261 e. The average molecular weight is 330 g/mol. The van der Waals surface area contributed by atoms with E-state index in [4.69, 9.17) is 0 Å². The highest BCUT2D eigenvalue weighted by molar-refractivity contribution is 7.92. The average Bonchev–Trinajstić information content (AvgIpc) is 2.51. The van der Waals surface area contributed by atoms with E-state index in [2.05, 4.69) is 4.72 Å². The van der Waals surface area contributed by atoms with Crippen LogP contribution in [-0.4, -0.2) is 32.8 Å². The molecule has 1 aliphatic rings. The molecule has 0 aromatic heterocycles. The third kappa shape index (κ3) is 3.07. The first kappa shape index (κ1) is 15.6. The normalized spacial score (nSPS) is 14.5. The number of amides is 1. The molecule has 1 aliphatic heterocycles. The summed E-state index contributed by atoms with van der Waals surface area (Å²) in [5.41, 5.74) is 2.98.